The molecular weight excluding hydrogens is 433 g/mol. The summed E-state index contributed by atoms with van der Waals surface area (Å²) in [6.45, 7) is -0.481. The van der Waals surface area contributed by atoms with E-state index in [0.717, 1.165) is 5.06 Å². The van der Waals surface area contributed by atoms with Crippen LogP contribution in [-0.4, -0.2) is 32.4 Å². The Morgan fingerprint density at radius 1 is 1.07 bits per heavy atom. The van der Waals surface area contributed by atoms with Gasteiger partial charge in [-0.3, -0.25) is 4.84 Å². The molecule has 1 aliphatic rings. The third-order valence-electron chi connectivity index (χ3n) is 4.12. The van der Waals surface area contributed by atoms with E-state index >= 15 is 0 Å². The highest BCUT2D eigenvalue weighted by atomic mass is 35.5. The fourth-order valence-corrected chi connectivity index (χ4v) is 4.36. The van der Waals surface area contributed by atoms with Crippen molar-refractivity contribution in [1.82, 2.24) is 5.06 Å². The van der Waals surface area contributed by atoms with Gasteiger partial charge in [0.1, 0.15) is 5.25 Å². The molecule has 1 aliphatic heterocycles. The second-order valence-electron chi connectivity index (χ2n) is 5.86. The van der Waals surface area contributed by atoms with Crippen molar-refractivity contribution >= 4 is 21.7 Å². The van der Waals surface area contributed by atoms with Crippen LogP contribution in [0.2, 0.25) is 5.02 Å². The molecule has 2 unspecified atom stereocenters. The first kappa shape index (κ1) is 20.8. The summed E-state index contributed by atoms with van der Waals surface area (Å²) in [6, 6.07) is 5.04. The molecule has 0 amide bonds. The average Bonchev–Trinajstić information content (AvgIpc) is 3.04. The van der Waals surface area contributed by atoms with Gasteiger partial charge >= 0.3 is 10.1 Å². The first-order chi connectivity index (χ1) is 13.0. The lowest BCUT2D eigenvalue weighted by Gasteiger charge is -2.23. The first-order valence-electron chi connectivity index (χ1n) is 7.60. The van der Waals surface area contributed by atoms with Crippen molar-refractivity contribution in [1.29, 1.82) is 0 Å². The van der Waals surface area contributed by atoms with Gasteiger partial charge in [0.15, 0.2) is 0 Å². The molecule has 3 rings (SSSR count). The Hall–Kier alpha value is -1.95. The topological polar surface area (TPSA) is 55.8 Å². The van der Waals surface area contributed by atoms with Crippen LogP contribution in [-0.2, 0) is 15.0 Å². The van der Waals surface area contributed by atoms with E-state index in [-0.39, 0.29) is 5.02 Å². The van der Waals surface area contributed by atoms with E-state index in [0.29, 0.717) is 5.56 Å². The van der Waals surface area contributed by atoms with Gasteiger partial charge < -0.3 is 4.18 Å². The van der Waals surface area contributed by atoms with Gasteiger partial charge in [-0.2, -0.15) is 22.3 Å². The summed E-state index contributed by atoms with van der Waals surface area (Å²) in [5.74, 6) is -13.8. The second kappa shape index (κ2) is 7.47. The lowest BCUT2D eigenvalue weighted by molar-refractivity contribution is -0.110. The number of nitrogens with zero attached hydrogens (tertiary/aromatic N) is 1. The van der Waals surface area contributed by atoms with Crippen molar-refractivity contribution in [2.24, 2.45) is 0 Å². The number of hydrogen-bond acceptors (Lipinski definition) is 5. The zero-order valence-corrected chi connectivity index (χ0v) is 15.5. The molecule has 1 fully saturated rings. The van der Waals surface area contributed by atoms with E-state index in [4.69, 9.17) is 16.4 Å². The number of benzene rings is 2. The highest BCUT2D eigenvalue weighted by Gasteiger charge is 2.46. The Morgan fingerprint density at radius 3 is 2.21 bits per heavy atom. The van der Waals surface area contributed by atoms with E-state index in [1.165, 1.54) is 25.2 Å². The van der Waals surface area contributed by atoms with Crippen LogP contribution in [0.1, 0.15) is 11.6 Å². The molecule has 5 nitrogen and oxygen atoms in total. The maximum Gasteiger partial charge on any atom is 0.316 e. The largest absolute Gasteiger partial charge is 0.376 e. The van der Waals surface area contributed by atoms with Gasteiger partial charge in [-0.05, 0) is 17.7 Å². The molecule has 0 aliphatic carbocycles. The van der Waals surface area contributed by atoms with Crippen LogP contribution in [0.15, 0.2) is 24.3 Å². The normalized spacial score (nSPS) is 20.5. The molecule has 0 bridgehead atoms. The fourth-order valence-electron chi connectivity index (χ4n) is 2.79. The van der Waals surface area contributed by atoms with Crippen LogP contribution >= 0.6 is 11.6 Å². The monoisotopic (exact) mass is 443 g/mol. The van der Waals surface area contributed by atoms with E-state index in [9.17, 15) is 30.4 Å². The minimum atomic E-state index is -4.89. The molecule has 0 N–H and O–H groups in total. The van der Waals surface area contributed by atoms with Crippen LogP contribution < -0.4 is 4.18 Å². The maximum absolute atomic E-state index is 13.8. The smallest absolute Gasteiger partial charge is 0.316 e. The zero-order chi connectivity index (χ0) is 20.8. The average molecular weight is 444 g/mol. The Balaban J connectivity index is 2.02. The predicted octanol–water partition coefficient (Wildman–Crippen LogP) is 3.73. The number of halogens is 6. The summed E-state index contributed by atoms with van der Waals surface area (Å²) in [5, 5.41) is -0.0870. The minimum absolute atomic E-state index is 0.287. The first-order valence-corrected chi connectivity index (χ1v) is 9.45. The van der Waals surface area contributed by atoms with E-state index in [1.807, 2.05) is 0 Å². The molecule has 1 heterocycles. The van der Waals surface area contributed by atoms with Crippen molar-refractivity contribution in [2.45, 2.75) is 11.3 Å². The molecule has 2 aromatic rings. The SMILES string of the molecule is CN1OCC(S(=O)(=O)Oc2c(F)c(F)c(F)c(F)c2F)C1c1cccc(Cl)c1. The van der Waals surface area contributed by atoms with Gasteiger partial charge in [0.25, 0.3) is 0 Å². The quantitative estimate of drug-likeness (QED) is 0.312. The van der Waals surface area contributed by atoms with Gasteiger partial charge in [0, 0.05) is 12.1 Å². The summed E-state index contributed by atoms with van der Waals surface area (Å²) in [6.07, 6.45) is 0. The molecule has 0 saturated carbocycles. The Morgan fingerprint density at radius 2 is 1.64 bits per heavy atom. The van der Waals surface area contributed by atoms with Crippen molar-refractivity contribution in [3.8, 4) is 5.75 Å². The molecule has 2 aromatic carbocycles. The van der Waals surface area contributed by atoms with Crippen LogP contribution in [0.4, 0.5) is 22.0 Å². The summed E-state index contributed by atoms with van der Waals surface area (Å²) in [7, 11) is -3.49. The van der Waals surface area contributed by atoms with Crippen LogP contribution in [0.3, 0.4) is 0 Å². The number of hydrogen-bond donors (Lipinski definition) is 0. The standard InChI is InChI=1S/C16H11ClF5NO4S/c1-23-15(7-3-2-4-8(17)5-7)9(6-26-23)28(24,25)27-16-13(21)11(19)10(18)12(20)14(16)22/h2-5,9,15H,6H2,1H3. The molecule has 2 atom stereocenters. The van der Waals surface area contributed by atoms with Crippen molar-refractivity contribution < 1.29 is 39.4 Å². The fraction of sp³-hybridized carbons (Fsp3) is 0.250. The van der Waals surface area contributed by atoms with Gasteiger partial charge in [0.05, 0.1) is 12.6 Å². The molecule has 0 aromatic heterocycles. The summed E-state index contributed by atoms with van der Waals surface area (Å²) in [4.78, 5) is 5.16. The van der Waals surface area contributed by atoms with Gasteiger partial charge in [0.2, 0.25) is 34.8 Å². The molecule has 12 heteroatoms. The third-order valence-corrected chi connectivity index (χ3v) is 5.89. The molecular formula is C16H11ClF5NO4S. The molecule has 0 radical (unpaired) electrons. The number of rotatable bonds is 4. The molecule has 152 valence electrons. The van der Waals surface area contributed by atoms with Gasteiger partial charge in [-0.1, -0.05) is 23.7 Å². The Kier molecular flexibility index (Phi) is 5.54. The molecule has 0 spiro atoms. The Bertz CT molecular complexity index is 1010. The second-order valence-corrected chi connectivity index (χ2v) is 8.05. The van der Waals surface area contributed by atoms with Crippen LogP contribution in [0, 0.1) is 29.1 Å². The van der Waals surface area contributed by atoms with Gasteiger partial charge in [-0.25, -0.2) is 13.2 Å². The highest BCUT2D eigenvalue weighted by Crippen LogP contribution is 2.37. The van der Waals surface area contributed by atoms with Gasteiger partial charge in [-0.15, -0.1) is 0 Å². The maximum atomic E-state index is 13.8. The number of hydroxylamine groups is 2. The highest BCUT2D eigenvalue weighted by molar-refractivity contribution is 7.87. The third kappa shape index (κ3) is 3.54. The van der Waals surface area contributed by atoms with E-state index < -0.39 is 62.9 Å². The van der Waals surface area contributed by atoms with Crippen molar-refractivity contribution in [2.75, 3.05) is 13.7 Å². The van der Waals surface area contributed by atoms with E-state index in [2.05, 4.69) is 4.18 Å². The lowest BCUT2D eigenvalue weighted by atomic mass is 10.0. The summed E-state index contributed by atoms with van der Waals surface area (Å²) in [5.41, 5.74) is 0.377. The van der Waals surface area contributed by atoms with Crippen LogP contribution in [0.5, 0.6) is 5.75 Å². The molecule has 28 heavy (non-hydrogen) atoms. The zero-order valence-electron chi connectivity index (χ0n) is 13.9. The van der Waals surface area contributed by atoms with Crippen LogP contribution in [0.25, 0.3) is 0 Å². The summed E-state index contributed by atoms with van der Waals surface area (Å²) < 4.78 is 96.9. The lowest BCUT2D eigenvalue weighted by Crippen LogP contribution is -2.34. The van der Waals surface area contributed by atoms with E-state index in [1.54, 1.807) is 6.07 Å². The summed E-state index contributed by atoms with van der Waals surface area (Å²) >= 11 is 5.90. The molecule has 1 saturated heterocycles. The predicted molar refractivity (Wildman–Crippen MR) is 87.5 cm³/mol. The van der Waals surface area contributed by atoms with Crippen molar-refractivity contribution in [3.63, 3.8) is 0 Å². The van der Waals surface area contributed by atoms with Crippen molar-refractivity contribution in [3.05, 3.63) is 63.9 Å². The minimum Gasteiger partial charge on any atom is -0.376 e. The Labute approximate surface area is 161 Å².